The van der Waals surface area contributed by atoms with Crippen molar-refractivity contribution in [2.24, 2.45) is 0 Å². The summed E-state index contributed by atoms with van der Waals surface area (Å²) in [4.78, 5) is 27.8. The number of aromatic nitrogens is 1. The SMILES string of the molecule is CC(=O)c1ccc(Oc2ccc(C(=O)N[C@@H]3C[C@H]4CC[C@@H]3N4)cc2)nc1. The molecule has 6 nitrogen and oxygen atoms in total. The lowest BCUT2D eigenvalue weighted by atomic mass is 9.95. The maximum Gasteiger partial charge on any atom is 0.251 e. The minimum absolute atomic E-state index is 0.0369. The first-order valence-corrected chi connectivity index (χ1v) is 8.90. The van der Waals surface area contributed by atoms with E-state index < -0.39 is 0 Å². The number of carbonyl (C=O) groups excluding carboxylic acids is 2. The van der Waals surface area contributed by atoms with Gasteiger partial charge in [0, 0.05) is 41.5 Å². The van der Waals surface area contributed by atoms with Gasteiger partial charge in [-0.25, -0.2) is 4.98 Å². The maximum atomic E-state index is 12.4. The zero-order valence-corrected chi connectivity index (χ0v) is 14.6. The third-order valence-electron chi connectivity index (χ3n) is 5.10. The number of ether oxygens (including phenoxy) is 1. The van der Waals surface area contributed by atoms with Crippen molar-refractivity contribution in [2.45, 2.75) is 44.3 Å². The summed E-state index contributed by atoms with van der Waals surface area (Å²) in [6.45, 7) is 1.49. The molecule has 3 heterocycles. The minimum Gasteiger partial charge on any atom is -0.439 e. The molecule has 1 aromatic carbocycles. The van der Waals surface area contributed by atoms with Crippen molar-refractivity contribution in [1.29, 1.82) is 0 Å². The molecule has 2 N–H and O–H groups in total. The van der Waals surface area contributed by atoms with Crippen LogP contribution in [-0.2, 0) is 0 Å². The molecule has 26 heavy (non-hydrogen) atoms. The van der Waals surface area contributed by atoms with E-state index in [0.29, 0.717) is 34.8 Å². The Balaban J connectivity index is 1.37. The predicted octanol–water partition coefficient (Wildman–Crippen LogP) is 2.70. The van der Waals surface area contributed by atoms with Gasteiger partial charge in [-0.2, -0.15) is 0 Å². The van der Waals surface area contributed by atoms with Crippen LogP contribution < -0.4 is 15.4 Å². The summed E-state index contributed by atoms with van der Waals surface area (Å²) in [6, 6.07) is 11.5. The Kier molecular flexibility index (Phi) is 4.42. The molecule has 0 saturated carbocycles. The maximum absolute atomic E-state index is 12.4. The van der Waals surface area contributed by atoms with Gasteiger partial charge in [-0.05, 0) is 56.5 Å². The number of hydrogen-bond donors (Lipinski definition) is 2. The molecule has 2 bridgehead atoms. The molecule has 0 aliphatic carbocycles. The van der Waals surface area contributed by atoms with Crippen LogP contribution in [-0.4, -0.2) is 34.8 Å². The van der Waals surface area contributed by atoms with Crippen LogP contribution in [0.15, 0.2) is 42.6 Å². The van der Waals surface area contributed by atoms with E-state index >= 15 is 0 Å². The number of fused-ring (bicyclic) bond motifs is 2. The van der Waals surface area contributed by atoms with Gasteiger partial charge in [0.2, 0.25) is 5.88 Å². The van der Waals surface area contributed by atoms with E-state index in [2.05, 4.69) is 15.6 Å². The number of carbonyl (C=O) groups is 2. The molecule has 6 heteroatoms. The molecule has 2 saturated heterocycles. The predicted molar refractivity (Wildman–Crippen MR) is 96.6 cm³/mol. The summed E-state index contributed by atoms with van der Waals surface area (Å²) in [5.74, 6) is 0.899. The van der Waals surface area contributed by atoms with Gasteiger partial charge in [-0.1, -0.05) is 0 Å². The lowest BCUT2D eigenvalue weighted by molar-refractivity contribution is 0.0930. The number of benzene rings is 1. The van der Waals surface area contributed by atoms with Gasteiger partial charge < -0.3 is 15.4 Å². The highest BCUT2D eigenvalue weighted by Gasteiger charge is 2.39. The van der Waals surface area contributed by atoms with E-state index in [0.717, 1.165) is 12.8 Å². The van der Waals surface area contributed by atoms with Crippen LogP contribution in [0.4, 0.5) is 0 Å². The van der Waals surface area contributed by atoms with Gasteiger partial charge in [0.1, 0.15) is 5.75 Å². The normalized spacial score (nSPS) is 23.7. The largest absolute Gasteiger partial charge is 0.439 e. The first-order valence-electron chi connectivity index (χ1n) is 8.90. The average Bonchev–Trinajstić information content (AvgIpc) is 3.26. The minimum atomic E-state index is -0.0557. The Morgan fingerprint density at radius 3 is 2.46 bits per heavy atom. The van der Waals surface area contributed by atoms with Crippen LogP contribution in [0, 0.1) is 0 Å². The molecule has 2 fully saturated rings. The average molecular weight is 351 g/mol. The number of amides is 1. The van der Waals surface area contributed by atoms with Gasteiger partial charge >= 0.3 is 0 Å². The van der Waals surface area contributed by atoms with Crippen molar-refractivity contribution in [3.05, 3.63) is 53.7 Å². The van der Waals surface area contributed by atoms with Crippen LogP contribution >= 0.6 is 0 Å². The van der Waals surface area contributed by atoms with Gasteiger partial charge in [0.25, 0.3) is 5.91 Å². The van der Waals surface area contributed by atoms with Crippen molar-refractivity contribution in [3.8, 4) is 11.6 Å². The fourth-order valence-corrected chi connectivity index (χ4v) is 3.68. The molecule has 134 valence electrons. The monoisotopic (exact) mass is 351 g/mol. The zero-order chi connectivity index (χ0) is 18.1. The van der Waals surface area contributed by atoms with Crippen LogP contribution in [0.25, 0.3) is 0 Å². The number of nitrogens with one attached hydrogen (secondary N) is 2. The van der Waals surface area contributed by atoms with Gasteiger partial charge in [-0.15, -0.1) is 0 Å². The Hall–Kier alpha value is -2.73. The fraction of sp³-hybridized carbons (Fsp3) is 0.350. The first kappa shape index (κ1) is 16.7. The molecule has 2 aromatic rings. The second kappa shape index (κ2) is 6.88. The smallest absolute Gasteiger partial charge is 0.251 e. The highest BCUT2D eigenvalue weighted by atomic mass is 16.5. The molecule has 4 rings (SSSR count). The van der Waals surface area contributed by atoms with E-state index in [1.165, 1.54) is 19.5 Å². The third-order valence-corrected chi connectivity index (χ3v) is 5.10. The number of pyridine rings is 1. The summed E-state index contributed by atoms with van der Waals surface area (Å²) in [5.41, 5.74) is 1.15. The molecule has 0 radical (unpaired) electrons. The molecule has 2 aliphatic rings. The molecule has 3 atom stereocenters. The van der Waals surface area contributed by atoms with Crippen LogP contribution in [0.5, 0.6) is 11.6 Å². The lowest BCUT2D eigenvalue weighted by Gasteiger charge is -2.21. The van der Waals surface area contributed by atoms with E-state index in [1.54, 1.807) is 36.4 Å². The number of hydrogen-bond acceptors (Lipinski definition) is 5. The highest BCUT2D eigenvalue weighted by Crippen LogP contribution is 2.28. The molecule has 0 unspecified atom stereocenters. The number of nitrogens with zero attached hydrogens (tertiary/aromatic N) is 1. The lowest BCUT2D eigenvalue weighted by Crippen LogP contribution is -2.42. The van der Waals surface area contributed by atoms with Crippen molar-refractivity contribution >= 4 is 11.7 Å². The highest BCUT2D eigenvalue weighted by molar-refractivity contribution is 5.94. The number of ketones is 1. The Morgan fingerprint density at radius 1 is 1.12 bits per heavy atom. The van der Waals surface area contributed by atoms with E-state index in [-0.39, 0.29) is 17.7 Å². The molecular formula is C20H21N3O3. The Bertz CT molecular complexity index is 817. The molecule has 1 aromatic heterocycles. The standard InChI is InChI=1S/C20H21N3O3/c1-12(24)14-4-9-19(21-11-14)26-16-6-2-13(3-7-16)20(25)23-18-10-15-5-8-17(18)22-15/h2-4,6-7,9,11,15,17-18,22H,5,8,10H2,1H3,(H,23,25)/t15-,17+,18-/m1/s1. The summed E-state index contributed by atoms with van der Waals surface area (Å²) in [6.07, 6.45) is 4.85. The van der Waals surface area contributed by atoms with Gasteiger partial charge in [-0.3, -0.25) is 9.59 Å². The van der Waals surface area contributed by atoms with E-state index in [4.69, 9.17) is 4.74 Å². The second-order valence-electron chi connectivity index (χ2n) is 6.93. The van der Waals surface area contributed by atoms with Crippen LogP contribution in [0.1, 0.15) is 46.9 Å². The molecular weight excluding hydrogens is 330 g/mol. The quantitative estimate of drug-likeness (QED) is 0.810. The van der Waals surface area contributed by atoms with Crippen LogP contribution in [0.2, 0.25) is 0 Å². The zero-order valence-electron chi connectivity index (χ0n) is 14.6. The summed E-state index contributed by atoms with van der Waals surface area (Å²) < 4.78 is 5.66. The van der Waals surface area contributed by atoms with Crippen molar-refractivity contribution < 1.29 is 14.3 Å². The van der Waals surface area contributed by atoms with Crippen molar-refractivity contribution in [1.82, 2.24) is 15.6 Å². The topological polar surface area (TPSA) is 80.3 Å². The Labute approximate surface area is 152 Å². The first-order chi connectivity index (χ1) is 12.6. The van der Waals surface area contributed by atoms with Crippen molar-refractivity contribution in [2.75, 3.05) is 0 Å². The number of Topliss-reactive ketones (excluding diaryl/α,β-unsaturated/α-hetero) is 1. The van der Waals surface area contributed by atoms with Gasteiger partial charge in [0.05, 0.1) is 0 Å². The molecule has 0 spiro atoms. The van der Waals surface area contributed by atoms with Crippen LogP contribution in [0.3, 0.4) is 0 Å². The second-order valence-corrected chi connectivity index (χ2v) is 6.93. The van der Waals surface area contributed by atoms with E-state index in [9.17, 15) is 9.59 Å². The van der Waals surface area contributed by atoms with Gasteiger partial charge in [0.15, 0.2) is 5.78 Å². The Morgan fingerprint density at radius 2 is 1.88 bits per heavy atom. The summed E-state index contributed by atoms with van der Waals surface area (Å²) >= 11 is 0. The molecule has 2 aliphatic heterocycles. The third kappa shape index (κ3) is 3.46. The summed E-state index contributed by atoms with van der Waals surface area (Å²) in [7, 11) is 0. The van der Waals surface area contributed by atoms with Crippen molar-refractivity contribution in [3.63, 3.8) is 0 Å². The fourth-order valence-electron chi connectivity index (χ4n) is 3.68. The summed E-state index contributed by atoms with van der Waals surface area (Å²) in [5, 5.41) is 6.65. The van der Waals surface area contributed by atoms with E-state index in [1.807, 2.05) is 0 Å². The number of rotatable bonds is 5. The molecule has 1 amide bonds.